The molecule has 0 saturated carbocycles. The maximum absolute atomic E-state index is 15.3. The van der Waals surface area contributed by atoms with Crippen molar-refractivity contribution in [3.8, 4) is 22.3 Å². The second-order valence-electron chi connectivity index (χ2n) is 8.36. The van der Waals surface area contributed by atoms with Crippen LogP contribution in [0.5, 0.6) is 0 Å². The van der Waals surface area contributed by atoms with Crippen molar-refractivity contribution in [3.05, 3.63) is 106 Å². The fourth-order valence-electron chi connectivity index (χ4n) is 4.55. The van der Waals surface area contributed by atoms with E-state index >= 15 is 13.2 Å². The molecular weight excluding hydrogens is 552 g/mol. The topological polar surface area (TPSA) is 0 Å². The molecule has 5 rings (SSSR count). The predicted molar refractivity (Wildman–Crippen MR) is 117 cm³/mol. The molecule has 39 heavy (non-hydrogen) atoms. The summed E-state index contributed by atoms with van der Waals surface area (Å²) >= 11 is 0. The fourth-order valence-corrected chi connectivity index (χ4v) is 4.55. The van der Waals surface area contributed by atoms with Gasteiger partial charge in [0.25, 0.3) is 0 Å². The van der Waals surface area contributed by atoms with Crippen LogP contribution >= 0.6 is 0 Å². The maximum atomic E-state index is 15.3. The van der Waals surface area contributed by atoms with Gasteiger partial charge in [-0.3, -0.25) is 0 Å². The van der Waals surface area contributed by atoms with E-state index in [0.717, 1.165) is 18.2 Å². The number of hydrogen-bond donors (Lipinski definition) is 0. The van der Waals surface area contributed by atoms with Gasteiger partial charge in [0.05, 0.1) is 5.56 Å². The maximum Gasteiger partial charge on any atom is 0.422 e. The van der Waals surface area contributed by atoms with Crippen LogP contribution in [0, 0.1) is 52.4 Å². The van der Waals surface area contributed by atoms with E-state index in [1.807, 2.05) is 0 Å². The van der Waals surface area contributed by atoms with Gasteiger partial charge in [-0.25, -0.2) is 39.5 Å². The highest BCUT2D eigenvalue weighted by Gasteiger charge is 2.43. The van der Waals surface area contributed by atoms with E-state index in [1.165, 1.54) is 0 Å². The number of hydrogen-bond acceptors (Lipinski definition) is 0. The summed E-state index contributed by atoms with van der Waals surface area (Å²) in [5, 5.41) is -2.61. The van der Waals surface area contributed by atoms with Crippen molar-refractivity contribution >= 4 is 21.5 Å². The van der Waals surface area contributed by atoms with Gasteiger partial charge < -0.3 is 0 Å². The fraction of sp³-hybridized carbons (Fsp3) is 0.0370. The molecule has 0 nitrogen and oxygen atoms in total. The molecule has 0 aliphatic rings. The van der Waals surface area contributed by atoms with Gasteiger partial charge in [0.1, 0.15) is 11.4 Å². The normalized spacial score (nSPS) is 12.1. The first-order chi connectivity index (χ1) is 18.2. The van der Waals surface area contributed by atoms with E-state index in [2.05, 4.69) is 0 Å². The van der Waals surface area contributed by atoms with Gasteiger partial charge in [0, 0.05) is 10.9 Å². The van der Waals surface area contributed by atoms with E-state index < -0.39 is 96.8 Å². The Morgan fingerprint density at radius 1 is 0.436 bits per heavy atom. The zero-order chi connectivity index (χ0) is 28.5. The van der Waals surface area contributed by atoms with E-state index in [9.17, 15) is 39.5 Å². The van der Waals surface area contributed by atoms with Crippen LogP contribution in [0.3, 0.4) is 0 Å². The number of benzene rings is 5. The first-order valence-electron chi connectivity index (χ1n) is 10.7. The van der Waals surface area contributed by atoms with Crippen LogP contribution in [0.25, 0.3) is 43.8 Å². The van der Waals surface area contributed by atoms with Crippen molar-refractivity contribution in [2.75, 3.05) is 0 Å². The lowest BCUT2D eigenvalue weighted by Gasteiger charge is -2.20. The molecule has 0 aliphatic heterocycles. The Balaban J connectivity index is 2.08. The third-order valence-electron chi connectivity index (χ3n) is 6.14. The average Bonchev–Trinajstić information content (AvgIpc) is 2.85. The van der Waals surface area contributed by atoms with Crippen LogP contribution in [0.2, 0.25) is 0 Å². The SMILES string of the molecule is Fc1ccc(-c2c3cc(F)c(F)cc3c(-c3c(F)c(F)c(C(F)(F)F)c(F)c3F)c3c(F)cccc23)cc1F. The van der Waals surface area contributed by atoms with Gasteiger partial charge in [-0.05, 0) is 57.6 Å². The highest BCUT2D eigenvalue weighted by molar-refractivity contribution is 6.21. The van der Waals surface area contributed by atoms with Crippen molar-refractivity contribution in [3.63, 3.8) is 0 Å². The van der Waals surface area contributed by atoms with Crippen molar-refractivity contribution in [2.24, 2.45) is 0 Å². The Kier molecular flexibility index (Phi) is 6.04. The molecule has 5 aromatic carbocycles. The summed E-state index contributed by atoms with van der Waals surface area (Å²) in [4.78, 5) is 0. The van der Waals surface area contributed by atoms with Gasteiger partial charge >= 0.3 is 6.18 Å². The number of halogens is 12. The summed E-state index contributed by atoms with van der Waals surface area (Å²) in [7, 11) is 0. The van der Waals surface area contributed by atoms with E-state index in [1.54, 1.807) is 0 Å². The third kappa shape index (κ3) is 3.96. The minimum absolute atomic E-state index is 0.252. The summed E-state index contributed by atoms with van der Waals surface area (Å²) in [6, 6.07) is 5.76. The molecule has 0 spiro atoms. The van der Waals surface area contributed by atoms with Gasteiger partial charge in [-0.1, -0.05) is 18.2 Å². The van der Waals surface area contributed by atoms with Crippen LogP contribution in [0.4, 0.5) is 52.7 Å². The molecule has 0 radical (unpaired) electrons. The summed E-state index contributed by atoms with van der Waals surface area (Å²) < 4.78 is 171. The summed E-state index contributed by atoms with van der Waals surface area (Å²) in [6.07, 6.45) is -5.88. The van der Waals surface area contributed by atoms with Crippen molar-refractivity contribution < 1.29 is 52.7 Å². The predicted octanol–water partition coefficient (Wildman–Crippen LogP) is 9.60. The Hall–Kier alpha value is -4.22. The first kappa shape index (κ1) is 26.4. The molecule has 0 unspecified atom stereocenters. The van der Waals surface area contributed by atoms with Crippen LogP contribution in [0.1, 0.15) is 5.56 Å². The molecule has 200 valence electrons. The Bertz CT molecular complexity index is 1810. The highest BCUT2D eigenvalue weighted by Crippen LogP contribution is 2.48. The molecule has 0 heterocycles. The molecule has 0 aromatic heterocycles. The standard InChI is InChI=1S/C27H8F12/c28-13-5-4-9(6-15(13)30)18-10-2-1-3-14(29)19(10)20(12-8-17(32)16(31)7-11(12)18)21-23(33)25(35)22(27(37,38)39)26(36)24(21)34/h1-8H. The molecule has 0 atom stereocenters. The molecule has 0 aliphatic carbocycles. The smallest absolute Gasteiger partial charge is 0.206 e. The molecule has 0 N–H and O–H groups in total. The first-order valence-corrected chi connectivity index (χ1v) is 10.7. The van der Waals surface area contributed by atoms with Gasteiger partial charge in [0.15, 0.2) is 46.5 Å². The second-order valence-corrected chi connectivity index (χ2v) is 8.36. The lowest BCUT2D eigenvalue weighted by atomic mass is 9.85. The van der Waals surface area contributed by atoms with Crippen molar-refractivity contribution in [1.29, 1.82) is 0 Å². The van der Waals surface area contributed by atoms with Crippen LogP contribution in [-0.4, -0.2) is 0 Å². The van der Waals surface area contributed by atoms with Gasteiger partial charge in [0.2, 0.25) is 0 Å². The quantitative estimate of drug-likeness (QED) is 0.115. The summed E-state index contributed by atoms with van der Waals surface area (Å²) in [5.41, 5.74) is -6.44. The molecule has 0 saturated heterocycles. The Morgan fingerprint density at radius 3 is 1.51 bits per heavy atom. The molecule has 0 amide bonds. The van der Waals surface area contributed by atoms with Crippen molar-refractivity contribution in [2.45, 2.75) is 6.18 Å². The highest BCUT2D eigenvalue weighted by atomic mass is 19.4. The molecular formula is C27H8F12. The van der Waals surface area contributed by atoms with Crippen LogP contribution in [0.15, 0.2) is 48.5 Å². The van der Waals surface area contributed by atoms with E-state index in [0.29, 0.717) is 24.3 Å². The average molecular weight is 560 g/mol. The molecule has 0 bridgehead atoms. The largest absolute Gasteiger partial charge is 0.422 e. The Labute approximate surface area is 209 Å². The van der Waals surface area contributed by atoms with E-state index in [-0.39, 0.29) is 17.2 Å². The molecule has 0 fully saturated rings. The monoisotopic (exact) mass is 560 g/mol. The number of alkyl halides is 3. The third-order valence-corrected chi connectivity index (χ3v) is 6.14. The molecule has 12 heteroatoms. The summed E-state index contributed by atoms with van der Waals surface area (Å²) in [6.45, 7) is 0. The van der Waals surface area contributed by atoms with E-state index in [4.69, 9.17) is 0 Å². The van der Waals surface area contributed by atoms with Gasteiger partial charge in [-0.15, -0.1) is 0 Å². The molecule has 5 aromatic rings. The van der Waals surface area contributed by atoms with Gasteiger partial charge in [-0.2, -0.15) is 13.2 Å². The van der Waals surface area contributed by atoms with Crippen LogP contribution < -0.4 is 0 Å². The Morgan fingerprint density at radius 2 is 0.974 bits per heavy atom. The van der Waals surface area contributed by atoms with Crippen molar-refractivity contribution in [1.82, 2.24) is 0 Å². The zero-order valence-corrected chi connectivity index (χ0v) is 18.7. The number of fused-ring (bicyclic) bond motifs is 2. The number of rotatable bonds is 2. The minimum Gasteiger partial charge on any atom is -0.206 e. The van der Waals surface area contributed by atoms with Crippen LogP contribution in [-0.2, 0) is 6.18 Å². The summed E-state index contributed by atoms with van der Waals surface area (Å²) in [5.74, 6) is -18.2. The second kappa shape index (κ2) is 8.92. The zero-order valence-electron chi connectivity index (χ0n) is 18.7. The lowest BCUT2D eigenvalue weighted by Crippen LogP contribution is -2.16. The minimum atomic E-state index is -5.88. The lowest BCUT2D eigenvalue weighted by molar-refractivity contribution is -0.143.